The first-order valence-corrected chi connectivity index (χ1v) is 5.42. The second kappa shape index (κ2) is 5.10. The number of hydrogen-bond acceptors (Lipinski definition) is 3. The zero-order valence-corrected chi connectivity index (χ0v) is 10.3. The maximum absolute atomic E-state index is 11.0. The molecule has 0 aromatic heterocycles. The molecule has 0 saturated carbocycles. The van der Waals surface area contributed by atoms with Crippen molar-refractivity contribution in [3.63, 3.8) is 0 Å². The van der Waals surface area contributed by atoms with Crippen LogP contribution in [0.4, 0.5) is 5.69 Å². The quantitative estimate of drug-likeness (QED) is 0.647. The molecule has 0 aliphatic rings. The van der Waals surface area contributed by atoms with Gasteiger partial charge in [-0.3, -0.25) is 10.1 Å². The van der Waals surface area contributed by atoms with Gasteiger partial charge in [-0.15, -0.1) is 0 Å². The molecule has 0 fully saturated rings. The third-order valence-corrected chi connectivity index (χ3v) is 2.44. The molecule has 0 unspecified atom stereocenters. The predicted molar refractivity (Wildman–Crippen MR) is 67.9 cm³/mol. The summed E-state index contributed by atoms with van der Waals surface area (Å²) in [6.45, 7) is 5.75. The van der Waals surface area contributed by atoms with E-state index in [2.05, 4.69) is 0 Å². The number of aliphatic hydroxyl groups excluding tert-OH is 1. The molecule has 1 aromatic carbocycles. The van der Waals surface area contributed by atoms with Crippen molar-refractivity contribution in [1.29, 1.82) is 0 Å². The Kier molecular flexibility index (Phi) is 4.02. The van der Waals surface area contributed by atoms with Gasteiger partial charge < -0.3 is 5.11 Å². The second-order valence-electron chi connectivity index (χ2n) is 4.87. The third-order valence-electron chi connectivity index (χ3n) is 2.44. The van der Waals surface area contributed by atoms with Crippen LogP contribution in [-0.2, 0) is 5.41 Å². The molecule has 0 amide bonds. The predicted octanol–water partition coefficient (Wildman–Crippen LogP) is 2.90. The molecular weight excluding hydrogens is 218 g/mol. The highest BCUT2D eigenvalue weighted by atomic mass is 16.6. The highest BCUT2D eigenvalue weighted by molar-refractivity contribution is 5.57. The molecule has 0 saturated heterocycles. The van der Waals surface area contributed by atoms with Crippen LogP contribution in [0.1, 0.15) is 31.9 Å². The van der Waals surface area contributed by atoms with Crippen molar-refractivity contribution >= 4 is 11.8 Å². The van der Waals surface area contributed by atoms with E-state index in [1.165, 1.54) is 6.07 Å². The van der Waals surface area contributed by atoms with Crippen LogP contribution in [0.5, 0.6) is 0 Å². The van der Waals surface area contributed by atoms with E-state index >= 15 is 0 Å². The SMILES string of the molecule is CC(C)(C)c1ccc(C=CCO)cc1[N+](=O)[O-]. The molecule has 0 aliphatic heterocycles. The third kappa shape index (κ3) is 3.39. The number of nitro groups is 1. The van der Waals surface area contributed by atoms with Crippen molar-refractivity contribution < 1.29 is 10.0 Å². The average molecular weight is 235 g/mol. The molecule has 1 N–H and O–H groups in total. The topological polar surface area (TPSA) is 63.4 Å². The first-order chi connectivity index (χ1) is 7.86. The Hall–Kier alpha value is -1.68. The minimum Gasteiger partial charge on any atom is -0.392 e. The second-order valence-corrected chi connectivity index (χ2v) is 4.87. The van der Waals surface area contributed by atoms with E-state index in [0.29, 0.717) is 5.56 Å². The van der Waals surface area contributed by atoms with Gasteiger partial charge in [-0.25, -0.2) is 0 Å². The van der Waals surface area contributed by atoms with Crippen LogP contribution < -0.4 is 0 Å². The molecule has 0 bridgehead atoms. The van der Waals surface area contributed by atoms with E-state index in [-0.39, 0.29) is 22.6 Å². The number of nitrogens with zero attached hydrogens (tertiary/aromatic N) is 1. The molecule has 1 rings (SSSR count). The summed E-state index contributed by atoms with van der Waals surface area (Å²) in [4.78, 5) is 10.7. The summed E-state index contributed by atoms with van der Waals surface area (Å²) in [6.07, 6.45) is 3.22. The van der Waals surface area contributed by atoms with Gasteiger partial charge in [-0.2, -0.15) is 0 Å². The number of benzene rings is 1. The number of nitro benzene ring substituents is 1. The smallest absolute Gasteiger partial charge is 0.273 e. The zero-order valence-electron chi connectivity index (χ0n) is 10.3. The lowest BCUT2D eigenvalue weighted by Gasteiger charge is -2.18. The maximum atomic E-state index is 11.0. The zero-order chi connectivity index (χ0) is 13.1. The molecule has 4 heteroatoms. The van der Waals surface area contributed by atoms with Gasteiger partial charge in [-0.1, -0.05) is 45.1 Å². The Morgan fingerprint density at radius 1 is 1.41 bits per heavy atom. The van der Waals surface area contributed by atoms with Crippen molar-refractivity contribution in [3.05, 3.63) is 45.5 Å². The van der Waals surface area contributed by atoms with E-state index in [0.717, 1.165) is 5.56 Å². The molecule has 0 spiro atoms. The Labute approximate surface area is 101 Å². The van der Waals surface area contributed by atoms with Gasteiger partial charge in [0.25, 0.3) is 5.69 Å². The lowest BCUT2D eigenvalue weighted by molar-refractivity contribution is -0.386. The van der Waals surface area contributed by atoms with E-state index in [1.807, 2.05) is 26.8 Å². The standard InChI is InChI=1S/C13H17NO3/c1-13(2,3)11-7-6-10(5-4-8-15)9-12(11)14(16)17/h4-7,9,15H,8H2,1-3H3. The first-order valence-electron chi connectivity index (χ1n) is 5.42. The number of rotatable bonds is 3. The van der Waals surface area contributed by atoms with Gasteiger partial charge in [0.15, 0.2) is 0 Å². The molecular formula is C13H17NO3. The molecule has 4 nitrogen and oxygen atoms in total. The van der Waals surface area contributed by atoms with Crippen molar-refractivity contribution in [2.24, 2.45) is 0 Å². The van der Waals surface area contributed by atoms with Crippen LogP contribution in [0.2, 0.25) is 0 Å². The molecule has 0 radical (unpaired) electrons. The summed E-state index contributed by atoms with van der Waals surface area (Å²) in [5.41, 5.74) is 1.29. The molecule has 0 heterocycles. The van der Waals surface area contributed by atoms with Crippen molar-refractivity contribution in [3.8, 4) is 0 Å². The summed E-state index contributed by atoms with van der Waals surface area (Å²) < 4.78 is 0. The Bertz CT molecular complexity index is 444. The molecule has 0 atom stereocenters. The normalized spacial score (nSPS) is 12.0. The Morgan fingerprint density at radius 3 is 2.53 bits per heavy atom. The van der Waals surface area contributed by atoms with Gasteiger partial charge >= 0.3 is 0 Å². The summed E-state index contributed by atoms with van der Waals surface area (Å²) >= 11 is 0. The van der Waals surface area contributed by atoms with E-state index < -0.39 is 0 Å². The van der Waals surface area contributed by atoms with E-state index in [4.69, 9.17) is 5.11 Å². The van der Waals surface area contributed by atoms with Crippen molar-refractivity contribution in [2.45, 2.75) is 26.2 Å². The van der Waals surface area contributed by atoms with Crippen LogP contribution in [0.15, 0.2) is 24.3 Å². The lowest BCUT2D eigenvalue weighted by atomic mass is 9.85. The largest absolute Gasteiger partial charge is 0.392 e. The fourth-order valence-corrected chi connectivity index (χ4v) is 1.63. The summed E-state index contributed by atoms with van der Waals surface area (Å²) in [5, 5.41) is 19.7. The van der Waals surface area contributed by atoms with E-state index in [1.54, 1.807) is 18.2 Å². The van der Waals surface area contributed by atoms with Crippen LogP contribution in [0.25, 0.3) is 6.08 Å². The lowest BCUT2D eigenvalue weighted by Crippen LogP contribution is -2.13. The van der Waals surface area contributed by atoms with Gasteiger partial charge in [-0.05, 0) is 11.0 Å². The van der Waals surface area contributed by atoms with Gasteiger partial charge in [0.05, 0.1) is 11.5 Å². The minimum absolute atomic E-state index is 0.0746. The van der Waals surface area contributed by atoms with Crippen LogP contribution in [0.3, 0.4) is 0 Å². The fourth-order valence-electron chi connectivity index (χ4n) is 1.63. The van der Waals surface area contributed by atoms with Gasteiger partial charge in [0.2, 0.25) is 0 Å². The molecule has 17 heavy (non-hydrogen) atoms. The van der Waals surface area contributed by atoms with Crippen LogP contribution in [0, 0.1) is 10.1 Å². The molecule has 92 valence electrons. The Balaban J connectivity index is 3.27. The average Bonchev–Trinajstić information content (AvgIpc) is 2.24. The fraction of sp³-hybridized carbons (Fsp3) is 0.385. The summed E-state index contributed by atoms with van der Waals surface area (Å²) in [6, 6.07) is 5.13. The van der Waals surface area contributed by atoms with Gasteiger partial charge in [0, 0.05) is 11.6 Å². The molecule has 0 aliphatic carbocycles. The molecule has 1 aromatic rings. The first kappa shape index (κ1) is 13.4. The monoisotopic (exact) mass is 235 g/mol. The Morgan fingerprint density at radius 2 is 2.06 bits per heavy atom. The minimum atomic E-state index is -0.364. The van der Waals surface area contributed by atoms with Crippen molar-refractivity contribution in [2.75, 3.05) is 6.61 Å². The maximum Gasteiger partial charge on any atom is 0.273 e. The van der Waals surface area contributed by atoms with Crippen molar-refractivity contribution in [1.82, 2.24) is 0 Å². The summed E-state index contributed by atoms with van der Waals surface area (Å²) in [7, 11) is 0. The number of hydrogen-bond donors (Lipinski definition) is 1. The van der Waals surface area contributed by atoms with Crippen LogP contribution in [-0.4, -0.2) is 16.6 Å². The van der Waals surface area contributed by atoms with Crippen LogP contribution >= 0.6 is 0 Å². The van der Waals surface area contributed by atoms with E-state index in [9.17, 15) is 10.1 Å². The van der Waals surface area contributed by atoms with Gasteiger partial charge in [0.1, 0.15) is 0 Å². The highest BCUT2D eigenvalue weighted by Gasteiger charge is 2.24. The highest BCUT2D eigenvalue weighted by Crippen LogP contribution is 2.31. The number of aliphatic hydroxyl groups is 1. The summed E-state index contributed by atoms with van der Waals surface area (Å²) in [5.74, 6) is 0.